The zero-order valence-corrected chi connectivity index (χ0v) is 27.7. The van der Waals surface area contributed by atoms with Crippen LogP contribution >= 0.6 is 0 Å². The Bertz CT molecular complexity index is 1410. The quantitative estimate of drug-likeness (QED) is 0.109. The summed E-state index contributed by atoms with van der Waals surface area (Å²) in [5.74, 6) is 0.941. The van der Waals surface area contributed by atoms with Crippen LogP contribution in [-0.4, -0.2) is 75.7 Å². The Morgan fingerprint density at radius 2 is 1.80 bits per heavy atom. The lowest BCUT2D eigenvalue weighted by Gasteiger charge is -2.31. The standard InChI is InChI=1S/C31H48N8O5S/c1-31(2,3)26(32)19-28(35-4)38-30(40)36-24-12-13-25(23-10-7-6-9-22(23)24)43-18-8-11-27(33)37-29(34)39-16-14-21(15-17-39)20-44-45(5,41)42/h6-10,18,21,24-25,32H,11-17,19-20H2,1-5H3,(H3,33,34,37)(H2,35,36,38,40)/b18-8+,32-26?. The van der Waals surface area contributed by atoms with E-state index in [9.17, 15) is 13.2 Å². The maximum Gasteiger partial charge on any atom is 0.320 e. The number of ether oxygens (including phenoxy) is 1. The molecule has 0 saturated carbocycles. The van der Waals surface area contributed by atoms with Crippen LogP contribution in [0.25, 0.3) is 0 Å². The molecule has 1 aromatic rings. The van der Waals surface area contributed by atoms with Gasteiger partial charge in [-0.05, 0) is 54.2 Å². The minimum atomic E-state index is -3.46. The number of nitrogens with two attached hydrogens (primary N) is 1. The van der Waals surface area contributed by atoms with Crippen LogP contribution in [0.4, 0.5) is 4.79 Å². The SMILES string of the molecule is CN=C(CC(=N)C(C)(C)C)NC(=O)NC1CCC(O/C=C/CC(N)=NC(=N)N2CCC(COS(C)(=O)=O)CC2)c2ccccc21. The molecule has 1 aliphatic carbocycles. The number of rotatable bonds is 10. The normalized spacial score (nSPS) is 20.1. The van der Waals surface area contributed by atoms with Crippen molar-refractivity contribution in [2.75, 3.05) is 33.0 Å². The molecule has 1 aliphatic heterocycles. The summed E-state index contributed by atoms with van der Waals surface area (Å²) in [7, 11) is -1.85. The van der Waals surface area contributed by atoms with Gasteiger partial charge >= 0.3 is 6.03 Å². The Kier molecular flexibility index (Phi) is 12.7. The Morgan fingerprint density at radius 3 is 2.42 bits per heavy atom. The van der Waals surface area contributed by atoms with Crippen LogP contribution in [0.3, 0.4) is 0 Å². The van der Waals surface area contributed by atoms with E-state index in [0.29, 0.717) is 56.7 Å². The lowest BCUT2D eigenvalue weighted by atomic mass is 9.85. The smallest absolute Gasteiger partial charge is 0.320 e. The summed E-state index contributed by atoms with van der Waals surface area (Å²) in [5, 5.41) is 22.4. The van der Waals surface area contributed by atoms with E-state index in [1.54, 1.807) is 19.4 Å². The number of likely N-dealkylation sites (tertiary alicyclic amines) is 1. The van der Waals surface area contributed by atoms with E-state index in [0.717, 1.165) is 17.4 Å². The monoisotopic (exact) mass is 644 g/mol. The maximum absolute atomic E-state index is 12.8. The van der Waals surface area contributed by atoms with Gasteiger partial charge in [0.05, 0.1) is 25.2 Å². The maximum atomic E-state index is 12.8. The fraction of sp³-hybridized carbons (Fsp3) is 0.581. The average molecular weight is 645 g/mol. The summed E-state index contributed by atoms with van der Waals surface area (Å²) in [4.78, 5) is 23.1. The predicted octanol–water partition coefficient (Wildman–Crippen LogP) is 4.25. The largest absolute Gasteiger partial charge is 0.494 e. The second-order valence-electron chi connectivity index (χ2n) is 12.5. The number of aliphatic imine (C=N–C) groups is 2. The summed E-state index contributed by atoms with van der Waals surface area (Å²) < 4.78 is 33.4. The number of benzene rings is 1. The van der Waals surface area contributed by atoms with E-state index in [1.165, 1.54) is 0 Å². The van der Waals surface area contributed by atoms with Crippen molar-refractivity contribution in [3.63, 3.8) is 0 Å². The highest BCUT2D eigenvalue weighted by Gasteiger charge is 2.29. The molecule has 3 rings (SSSR count). The summed E-state index contributed by atoms with van der Waals surface area (Å²) in [6.07, 6.45) is 7.60. The number of guanidine groups is 1. The van der Waals surface area contributed by atoms with Crippen molar-refractivity contribution in [2.45, 2.75) is 71.4 Å². The summed E-state index contributed by atoms with van der Waals surface area (Å²) in [6.45, 7) is 7.21. The van der Waals surface area contributed by atoms with Gasteiger partial charge in [0.2, 0.25) is 5.96 Å². The Labute approximate surface area is 266 Å². The van der Waals surface area contributed by atoms with Gasteiger partial charge in [-0.15, -0.1) is 0 Å². The van der Waals surface area contributed by atoms with Gasteiger partial charge in [0, 0.05) is 38.7 Å². The fourth-order valence-corrected chi connectivity index (χ4v) is 5.52. The van der Waals surface area contributed by atoms with Gasteiger partial charge < -0.3 is 26.1 Å². The van der Waals surface area contributed by atoms with Gasteiger partial charge in [-0.3, -0.25) is 19.9 Å². The molecule has 1 aromatic carbocycles. The Hall–Kier alpha value is -3.78. The molecule has 1 heterocycles. The van der Waals surface area contributed by atoms with Crippen molar-refractivity contribution in [1.82, 2.24) is 15.5 Å². The predicted molar refractivity (Wildman–Crippen MR) is 177 cm³/mol. The van der Waals surface area contributed by atoms with Crippen molar-refractivity contribution in [3.8, 4) is 0 Å². The van der Waals surface area contributed by atoms with Crippen LogP contribution in [0.15, 0.2) is 46.6 Å². The highest BCUT2D eigenvalue weighted by Crippen LogP contribution is 2.38. The number of amidine groups is 2. The molecule has 2 atom stereocenters. The van der Waals surface area contributed by atoms with Gasteiger partial charge in [-0.25, -0.2) is 9.79 Å². The molecule has 6 N–H and O–H groups in total. The first-order chi connectivity index (χ1) is 21.2. The van der Waals surface area contributed by atoms with Gasteiger partial charge in [-0.2, -0.15) is 8.42 Å². The summed E-state index contributed by atoms with van der Waals surface area (Å²) >= 11 is 0. The Balaban J connectivity index is 1.48. The fourth-order valence-electron chi connectivity index (χ4n) is 5.08. The molecule has 2 unspecified atom stereocenters. The highest BCUT2D eigenvalue weighted by atomic mass is 32.2. The zero-order valence-electron chi connectivity index (χ0n) is 26.9. The second-order valence-corrected chi connectivity index (χ2v) is 14.1. The molecule has 0 aromatic heterocycles. The number of carbonyl (C=O) groups excluding carboxylic acids is 1. The molecule has 2 aliphatic rings. The number of fused-ring (bicyclic) bond motifs is 1. The highest BCUT2D eigenvalue weighted by molar-refractivity contribution is 7.85. The number of carbonyl (C=O) groups is 1. The first-order valence-electron chi connectivity index (χ1n) is 15.2. The van der Waals surface area contributed by atoms with E-state index in [4.69, 9.17) is 25.5 Å². The average Bonchev–Trinajstić information content (AvgIpc) is 2.98. The molecule has 0 bridgehead atoms. The molecule has 2 amide bonds. The summed E-state index contributed by atoms with van der Waals surface area (Å²) in [6, 6.07) is 7.31. The molecular weight excluding hydrogens is 596 g/mol. The molecule has 45 heavy (non-hydrogen) atoms. The molecule has 248 valence electrons. The van der Waals surface area contributed by atoms with E-state index in [2.05, 4.69) is 20.6 Å². The lowest BCUT2D eigenvalue weighted by molar-refractivity contribution is 0.120. The van der Waals surface area contributed by atoms with Crippen molar-refractivity contribution in [2.24, 2.45) is 27.1 Å². The number of amides is 2. The number of nitrogens with zero attached hydrogens (tertiary/aromatic N) is 3. The topological polar surface area (TPSA) is 195 Å². The third-order valence-corrected chi connectivity index (χ3v) is 8.43. The van der Waals surface area contributed by atoms with Gasteiger partial charge in [0.15, 0.2) is 0 Å². The number of urea groups is 1. The second kappa shape index (κ2) is 16.0. The third kappa shape index (κ3) is 11.6. The molecule has 1 fully saturated rings. The minimum Gasteiger partial charge on any atom is -0.494 e. The summed E-state index contributed by atoms with van der Waals surface area (Å²) in [5.41, 5.74) is 8.24. The van der Waals surface area contributed by atoms with Crippen LogP contribution in [0.2, 0.25) is 0 Å². The number of nitrogens with one attached hydrogen (secondary N) is 4. The van der Waals surface area contributed by atoms with Crippen molar-refractivity contribution < 1.29 is 22.1 Å². The molecule has 13 nitrogen and oxygen atoms in total. The van der Waals surface area contributed by atoms with E-state index >= 15 is 0 Å². The van der Waals surface area contributed by atoms with Crippen molar-refractivity contribution in [3.05, 3.63) is 47.7 Å². The van der Waals surface area contributed by atoms with Gasteiger partial charge in [-0.1, -0.05) is 45.0 Å². The Morgan fingerprint density at radius 1 is 1.13 bits per heavy atom. The van der Waals surface area contributed by atoms with Crippen LogP contribution < -0.4 is 16.4 Å². The molecule has 0 radical (unpaired) electrons. The zero-order chi connectivity index (χ0) is 33.2. The van der Waals surface area contributed by atoms with Crippen LogP contribution in [0.5, 0.6) is 0 Å². The molecular formula is C31H48N8O5S. The van der Waals surface area contributed by atoms with E-state index in [1.807, 2.05) is 49.9 Å². The van der Waals surface area contributed by atoms with Crippen LogP contribution in [0, 0.1) is 22.2 Å². The van der Waals surface area contributed by atoms with Crippen molar-refractivity contribution >= 4 is 39.5 Å². The third-order valence-electron chi connectivity index (χ3n) is 7.87. The molecule has 14 heteroatoms. The first-order valence-corrected chi connectivity index (χ1v) is 17.0. The van der Waals surface area contributed by atoms with Gasteiger partial charge in [0.25, 0.3) is 10.1 Å². The van der Waals surface area contributed by atoms with Crippen LogP contribution in [0.1, 0.15) is 82.6 Å². The number of hydrogen-bond acceptors (Lipinski definition) is 8. The first kappa shape index (κ1) is 35.7. The molecule has 1 saturated heterocycles. The van der Waals surface area contributed by atoms with E-state index in [-0.39, 0.29) is 54.3 Å². The molecule has 0 spiro atoms. The minimum absolute atomic E-state index is 0.0814. The van der Waals surface area contributed by atoms with E-state index < -0.39 is 10.1 Å². The van der Waals surface area contributed by atoms with Gasteiger partial charge in [0.1, 0.15) is 17.8 Å². The number of piperidine rings is 1. The van der Waals surface area contributed by atoms with Crippen molar-refractivity contribution in [1.29, 1.82) is 10.8 Å². The van der Waals surface area contributed by atoms with Crippen LogP contribution in [-0.2, 0) is 19.0 Å². The lowest BCUT2D eigenvalue weighted by Crippen LogP contribution is -2.43. The number of hydrogen-bond donors (Lipinski definition) is 5.